The van der Waals surface area contributed by atoms with Crippen molar-refractivity contribution in [2.75, 3.05) is 5.75 Å². The molecule has 7 nitrogen and oxygen atoms in total. The van der Waals surface area contributed by atoms with E-state index in [1.54, 1.807) is 23.9 Å². The summed E-state index contributed by atoms with van der Waals surface area (Å²) in [5, 5.41) is 12.3. The predicted octanol–water partition coefficient (Wildman–Crippen LogP) is 4.92. The number of hydrogen-bond donors (Lipinski definition) is 1. The number of amidine groups is 1. The second-order valence-corrected chi connectivity index (χ2v) is 9.07. The fourth-order valence-electron chi connectivity index (χ4n) is 3.47. The van der Waals surface area contributed by atoms with Gasteiger partial charge in [-0.1, -0.05) is 54.2 Å². The van der Waals surface area contributed by atoms with E-state index in [1.807, 2.05) is 48.5 Å². The Morgan fingerprint density at radius 3 is 2.65 bits per heavy atom. The first-order valence-electron chi connectivity index (χ1n) is 9.50. The van der Waals surface area contributed by atoms with Crippen LogP contribution in [-0.2, 0) is 4.79 Å². The monoisotopic (exact) mass is 448 g/mol. The highest BCUT2D eigenvalue weighted by Crippen LogP contribution is 2.41. The molecule has 0 spiro atoms. The van der Waals surface area contributed by atoms with Crippen molar-refractivity contribution in [3.05, 3.63) is 94.0 Å². The summed E-state index contributed by atoms with van der Waals surface area (Å²) in [5.41, 5.74) is 5.63. The van der Waals surface area contributed by atoms with Crippen LogP contribution in [0.3, 0.4) is 0 Å². The Morgan fingerprint density at radius 2 is 1.81 bits per heavy atom. The number of hydrazine groups is 1. The van der Waals surface area contributed by atoms with E-state index in [9.17, 15) is 14.9 Å². The number of non-ortho nitro benzene ring substituents is 1. The van der Waals surface area contributed by atoms with E-state index in [0.717, 1.165) is 21.0 Å². The minimum Gasteiger partial charge on any atom is -0.277 e. The Bertz CT molecular complexity index is 1230. The van der Waals surface area contributed by atoms with Crippen LogP contribution in [0, 0.1) is 10.1 Å². The smallest absolute Gasteiger partial charge is 0.269 e. The third kappa shape index (κ3) is 3.77. The average Bonchev–Trinajstić information content (AvgIpc) is 3.06. The van der Waals surface area contributed by atoms with Gasteiger partial charge in [-0.3, -0.25) is 20.3 Å². The lowest BCUT2D eigenvalue weighted by Gasteiger charge is -2.26. The summed E-state index contributed by atoms with van der Waals surface area (Å²) in [6.07, 6.45) is 0. The van der Waals surface area contributed by atoms with Gasteiger partial charge in [-0.15, -0.1) is 11.8 Å². The third-order valence-corrected chi connectivity index (χ3v) is 7.27. The molecule has 1 unspecified atom stereocenters. The molecule has 9 heteroatoms. The van der Waals surface area contributed by atoms with Gasteiger partial charge in [0.2, 0.25) is 0 Å². The van der Waals surface area contributed by atoms with Gasteiger partial charge in [0.25, 0.3) is 11.6 Å². The largest absolute Gasteiger partial charge is 0.277 e. The lowest BCUT2D eigenvalue weighted by atomic mass is 10.2. The number of amides is 1. The van der Waals surface area contributed by atoms with Crippen LogP contribution >= 0.6 is 23.5 Å². The number of nitro groups is 1. The van der Waals surface area contributed by atoms with E-state index >= 15 is 0 Å². The van der Waals surface area contributed by atoms with Gasteiger partial charge in [-0.05, 0) is 23.8 Å². The number of nitrogens with zero attached hydrogens (tertiary/aromatic N) is 3. The maximum atomic E-state index is 12.7. The first kappa shape index (κ1) is 19.7. The highest BCUT2D eigenvalue weighted by molar-refractivity contribution is 8.00. The van der Waals surface area contributed by atoms with E-state index in [-0.39, 0.29) is 17.3 Å². The van der Waals surface area contributed by atoms with Crippen LogP contribution in [0.4, 0.5) is 11.4 Å². The predicted molar refractivity (Wildman–Crippen MR) is 121 cm³/mol. The summed E-state index contributed by atoms with van der Waals surface area (Å²) in [6.45, 7) is 0. The number of para-hydroxylation sites is 1. The molecule has 154 valence electrons. The van der Waals surface area contributed by atoms with Crippen molar-refractivity contribution in [3.63, 3.8) is 0 Å². The zero-order chi connectivity index (χ0) is 21.4. The van der Waals surface area contributed by atoms with Crippen LogP contribution in [0.2, 0.25) is 0 Å². The van der Waals surface area contributed by atoms with Gasteiger partial charge >= 0.3 is 0 Å². The van der Waals surface area contributed by atoms with Crippen LogP contribution in [0.5, 0.6) is 0 Å². The van der Waals surface area contributed by atoms with Gasteiger partial charge in [-0.25, -0.2) is 10.0 Å². The van der Waals surface area contributed by atoms with Gasteiger partial charge in [0.1, 0.15) is 5.37 Å². The summed E-state index contributed by atoms with van der Waals surface area (Å²) < 4.78 is 0. The molecule has 3 aromatic rings. The van der Waals surface area contributed by atoms with Crippen molar-refractivity contribution in [2.24, 2.45) is 4.99 Å². The van der Waals surface area contributed by atoms with E-state index < -0.39 is 10.3 Å². The van der Waals surface area contributed by atoms with Crippen molar-refractivity contribution < 1.29 is 9.72 Å². The summed E-state index contributed by atoms with van der Waals surface area (Å²) in [5.74, 6) is 0.742. The molecule has 5 rings (SSSR count). The number of fused-ring (bicyclic) bond motifs is 2. The van der Waals surface area contributed by atoms with E-state index in [1.165, 1.54) is 28.9 Å². The summed E-state index contributed by atoms with van der Waals surface area (Å²) in [4.78, 5) is 30.4. The molecule has 1 N–H and O–H groups in total. The fraction of sp³-hybridized carbons (Fsp3) is 0.0909. The highest BCUT2D eigenvalue weighted by atomic mass is 32.2. The zero-order valence-corrected chi connectivity index (χ0v) is 17.7. The summed E-state index contributed by atoms with van der Waals surface area (Å²) >= 11 is 3.05. The van der Waals surface area contributed by atoms with E-state index in [0.29, 0.717) is 11.4 Å². The lowest BCUT2D eigenvalue weighted by molar-refractivity contribution is -0.384. The first-order valence-corrected chi connectivity index (χ1v) is 11.4. The first-order chi connectivity index (χ1) is 15.1. The molecule has 0 aromatic heterocycles. The van der Waals surface area contributed by atoms with Gasteiger partial charge in [0, 0.05) is 27.5 Å². The molecule has 0 aliphatic carbocycles. The standard InChI is InChI=1S/C22H16N4O3S2/c27-20-13-30-22(14-6-5-7-15(12-14)26(28)29)25(20)24-21-16-8-1-3-10-18(16)31-19-11-4-2-9-17(19)23-21/h1-12,22H,13H2,(H,23,24). The average molecular weight is 449 g/mol. The maximum Gasteiger partial charge on any atom is 0.269 e. The molecule has 2 aliphatic rings. The third-order valence-electron chi connectivity index (χ3n) is 4.92. The zero-order valence-electron chi connectivity index (χ0n) is 16.1. The molecular formula is C22H16N4O3S2. The fourth-order valence-corrected chi connectivity index (χ4v) is 5.59. The number of aliphatic imine (C=N–C) groups is 1. The molecule has 3 aromatic carbocycles. The van der Waals surface area contributed by atoms with Crippen LogP contribution in [-0.4, -0.2) is 27.4 Å². The van der Waals surface area contributed by atoms with Crippen LogP contribution in [0.15, 0.2) is 87.6 Å². The molecule has 31 heavy (non-hydrogen) atoms. The summed E-state index contributed by atoms with van der Waals surface area (Å²) in [7, 11) is 0. The topological polar surface area (TPSA) is 87.8 Å². The summed E-state index contributed by atoms with van der Waals surface area (Å²) in [6, 6.07) is 22.2. The number of rotatable bonds is 3. The molecule has 0 bridgehead atoms. The molecule has 2 aliphatic heterocycles. The SMILES string of the molecule is O=C1CSC(c2cccc([N+](=O)[O-])c2)N1NC1=Nc2ccccc2Sc2ccccc21. The number of carbonyl (C=O) groups excluding carboxylic acids is 1. The Labute approximate surface area is 186 Å². The normalized spacial score (nSPS) is 17.4. The molecular weight excluding hydrogens is 432 g/mol. The maximum absolute atomic E-state index is 12.7. The molecule has 0 radical (unpaired) electrons. The van der Waals surface area contributed by atoms with Crippen molar-refractivity contribution in [1.82, 2.24) is 10.4 Å². The lowest BCUT2D eigenvalue weighted by Crippen LogP contribution is -2.45. The van der Waals surface area contributed by atoms with Crippen molar-refractivity contribution in [3.8, 4) is 0 Å². The number of hydrogen-bond acceptors (Lipinski definition) is 7. The molecule has 1 saturated heterocycles. The number of carbonyl (C=O) groups is 1. The minimum absolute atomic E-state index is 0.000112. The van der Waals surface area contributed by atoms with Crippen molar-refractivity contribution >= 4 is 46.6 Å². The molecule has 1 atom stereocenters. The highest BCUT2D eigenvalue weighted by Gasteiger charge is 2.35. The van der Waals surface area contributed by atoms with Crippen molar-refractivity contribution in [2.45, 2.75) is 15.2 Å². The Balaban J connectivity index is 1.54. The van der Waals surface area contributed by atoms with Crippen LogP contribution < -0.4 is 5.43 Å². The second kappa shape index (κ2) is 8.09. The minimum atomic E-state index is -0.428. The van der Waals surface area contributed by atoms with Gasteiger partial charge in [0.15, 0.2) is 5.84 Å². The molecule has 1 amide bonds. The number of nitro benzene ring substituents is 1. The van der Waals surface area contributed by atoms with E-state index in [4.69, 9.17) is 4.99 Å². The quantitative estimate of drug-likeness (QED) is 0.452. The molecule has 2 heterocycles. The second-order valence-electron chi connectivity index (χ2n) is 6.92. The Kier molecular flexibility index (Phi) is 5.13. The molecule has 0 saturated carbocycles. The number of nitrogens with one attached hydrogen (secondary N) is 1. The Morgan fingerprint density at radius 1 is 1.03 bits per heavy atom. The van der Waals surface area contributed by atoms with Crippen LogP contribution in [0.25, 0.3) is 0 Å². The van der Waals surface area contributed by atoms with E-state index in [2.05, 4.69) is 5.43 Å². The van der Waals surface area contributed by atoms with Crippen molar-refractivity contribution in [1.29, 1.82) is 0 Å². The number of thioether (sulfide) groups is 1. The van der Waals surface area contributed by atoms with Crippen LogP contribution in [0.1, 0.15) is 16.5 Å². The Hall–Kier alpha value is -3.30. The number of benzene rings is 3. The van der Waals surface area contributed by atoms with Gasteiger partial charge in [0.05, 0.1) is 16.4 Å². The molecule has 1 fully saturated rings. The van der Waals surface area contributed by atoms with Gasteiger partial charge < -0.3 is 0 Å². The van der Waals surface area contributed by atoms with Gasteiger partial charge in [-0.2, -0.15) is 0 Å².